The van der Waals surface area contributed by atoms with Crippen LogP contribution in [0.25, 0.3) is 10.8 Å². The van der Waals surface area contributed by atoms with Gasteiger partial charge in [0.1, 0.15) is 0 Å². The van der Waals surface area contributed by atoms with E-state index in [0.29, 0.717) is 0 Å². The molecule has 82 valence electrons. The smallest absolute Gasteiger partial charge is 0.0481 e. The second-order valence-electron chi connectivity index (χ2n) is 4.01. The first-order chi connectivity index (χ1) is 7.92. The molecule has 2 aromatic rings. The summed E-state index contributed by atoms with van der Waals surface area (Å²) in [6.45, 7) is 3.74. The van der Waals surface area contributed by atoms with E-state index in [-0.39, 0.29) is 0 Å². The number of unbranched alkanes of at least 4 members (excludes halogenated alkanes) is 2. The Morgan fingerprint density at radius 3 is 2.88 bits per heavy atom. The van der Waals surface area contributed by atoms with E-state index in [9.17, 15) is 0 Å². The second kappa shape index (κ2) is 5.45. The van der Waals surface area contributed by atoms with Crippen LogP contribution in [0, 0.1) is 0 Å². The SMILES string of the molecule is C=CCCCCc1nccc2ccccc12. The molecule has 0 radical (unpaired) electrons. The first-order valence-electron chi connectivity index (χ1n) is 5.85. The van der Waals surface area contributed by atoms with Crippen molar-refractivity contribution in [3.05, 3.63) is 54.9 Å². The van der Waals surface area contributed by atoms with E-state index < -0.39 is 0 Å². The first kappa shape index (κ1) is 10.9. The number of benzene rings is 1. The standard InChI is InChI=1S/C15H17N/c1-2-3-4-5-10-15-14-9-7-6-8-13(14)11-12-16-15/h2,6-9,11-12H,1,3-5,10H2. The molecule has 0 saturated heterocycles. The normalized spacial score (nSPS) is 10.5. The highest BCUT2D eigenvalue weighted by Crippen LogP contribution is 2.18. The van der Waals surface area contributed by atoms with Crippen LogP contribution in [-0.4, -0.2) is 4.98 Å². The number of aromatic nitrogens is 1. The Kier molecular flexibility index (Phi) is 3.71. The van der Waals surface area contributed by atoms with Crippen molar-refractivity contribution in [1.82, 2.24) is 4.98 Å². The van der Waals surface area contributed by atoms with Crippen LogP contribution in [-0.2, 0) is 6.42 Å². The maximum absolute atomic E-state index is 4.48. The maximum atomic E-state index is 4.48. The molecule has 0 bridgehead atoms. The molecule has 0 atom stereocenters. The first-order valence-corrected chi connectivity index (χ1v) is 5.85. The lowest BCUT2D eigenvalue weighted by atomic mass is 10.1. The highest BCUT2D eigenvalue weighted by molar-refractivity contribution is 5.84. The van der Waals surface area contributed by atoms with Gasteiger partial charge < -0.3 is 0 Å². The molecule has 1 heterocycles. The maximum Gasteiger partial charge on any atom is 0.0481 e. The van der Waals surface area contributed by atoms with Gasteiger partial charge >= 0.3 is 0 Å². The van der Waals surface area contributed by atoms with Crippen LogP contribution in [0.5, 0.6) is 0 Å². The molecule has 0 saturated carbocycles. The van der Waals surface area contributed by atoms with Gasteiger partial charge in [-0.3, -0.25) is 4.98 Å². The molecule has 1 heteroatoms. The zero-order valence-electron chi connectivity index (χ0n) is 9.52. The third-order valence-corrected chi connectivity index (χ3v) is 2.83. The van der Waals surface area contributed by atoms with Crippen molar-refractivity contribution in [2.75, 3.05) is 0 Å². The Bertz CT molecular complexity index is 468. The number of allylic oxidation sites excluding steroid dienone is 1. The summed E-state index contributed by atoms with van der Waals surface area (Å²) >= 11 is 0. The molecule has 0 N–H and O–H groups in total. The highest BCUT2D eigenvalue weighted by Gasteiger charge is 2.00. The summed E-state index contributed by atoms with van der Waals surface area (Å²) in [6, 6.07) is 10.5. The fourth-order valence-electron chi connectivity index (χ4n) is 1.96. The summed E-state index contributed by atoms with van der Waals surface area (Å²) in [6.07, 6.45) is 8.45. The van der Waals surface area contributed by atoms with Crippen molar-refractivity contribution >= 4 is 10.8 Å². The monoisotopic (exact) mass is 211 g/mol. The average Bonchev–Trinajstić information content (AvgIpc) is 2.35. The van der Waals surface area contributed by atoms with Crippen LogP contribution < -0.4 is 0 Å². The molecule has 2 rings (SSSR count). The van der Waals surface area contributed by atoms with Crippen molar-refractivity contribution in [3.8, 4) is 0 Å². The highest BCUT2D eigenvalue weighted by atomic mass is 14.7. The molecular weight excluding hydrogens is 194 g/mol. The van der Waals surface area contributed by atoms with E-state index in [1.807, 2.05) is 12.3 Å². The molecular formula is C15H17N. The minimum Gasteiger partial charge on any atom is -0.261 e. The second-order valence-corrected chi connectivity index (χ2v) is 4.01. The molecule has 0 aliphatic heterocycles. The molecule has 0 unspecified atom stereocenters. The lowest BCUT2D eigenvalue weighted by Crippen LogP contribution is -1.91. The van der Waals surface area contributed by atoms with Gasteiger partial charge in [-0.2, -0.15) is 0 Å². The molecule has 0 amide bonds. The molecule has 1 aromatic heterocycles. The minimum absolute atomic E-state index is 1.06. The van der Waals surface area contributed by atoms with E-state index in [2.05, 4.69) is 41.9 Å². The Labute approximate surface area is 96.8 Å². The average molecular weight is 211 g/mol. The topological polar surface area (TPSA) is 12.9 Å². The summed E-state index contributed by atoms with van der Waals surface area (Å²) in [5, 5.41) is 2.58. The zero-order chi connectivity index (χ0) is 11.2. The zero-order valence-corrected chi connectivity index (χ0v) is 9.52. The predicted molar refractivity (Wildman–Crippen MR) is 69.5 cm³/mol. The van der Waals surface area contributed by atoms with E-state index in [0.717, 1.165) is 12.8 Å². The van der Waals surface area contributed by atoms with Crippen LogP contribution in [0.3, 0.4) is 0 Å². The van der Waals surface area contributed by atoms with E-state index in [1.54, 1.807) is 0 Å². The van der Waals surface area contributed by atoms with Gasteiger partial charge in [-0.15, -0.1) is 6.58 Å². The molecule has 1 aromatic carbocycles. The summed E-state index contributed by atoms with van der Waals surface area (Å²) in [5.41, 5.74) is 1.22. The Morgan fingerprint density at radius 2 is 2.00 bits per heavy atom. The predicted octanol–water partition coefficient (Wildman–Crippen LogP) is 4.13. The molecule has 0 aliphatic carbocycles. The fourth-order valence-corrected chi connectivity index (χ4v) is 1.96. The van der Waals surface area contributed by atoms with Crippen molar-refractivity contribution in [1.29, 1.82) is 0 Å². The van der Waals surface area contributed by atoms with Gasteiger partial charge in [-0.25, -0.2) is 0 Å². The van der Waals surface area contributed by atoms with Crippen LogP contribution in [0.2, 0.25) is 0 Å². The molecule has 0 aliphatic rings. The molecule has 16 heavy (non-hydrogen) atoms. The summed E-state index contributed by atoms with van der Waals surface area (Å²) in [5.74, 6) is 0. The van der Waals surface area contributed by atoms with Gasteiger partial charge in [-0.1, -0.05) is 30.3 Å². The van der Waals surface area contributed by atoms with Gasteiger partial charge in [0.2, 0.25) is 0 Å². The summed E-state index contributed by atoms with van der Waals surface area (Å²) < 4.78 is 0. The quantitative estimate of drug-likeness (QED) is 0.535. The minimum atomic E-state index is 1.06. The lowest BCUT2D eigenvalue weighted by Gasteiger charge is -2.04. The lowest BCUT2D eigenvalue weighted by molar-refractivity contribution is 0.739. The number of rotatable bonds is 5. The van der Waals surface area contributed by atoms with Gasteiger partial charge in [0.25, 0.3) is 0 Å². The molecule has 0 fully saturated rings. The van der Waals surface area contributed by atoms with Crippen LogP contribution in [0.4, 0.5) is 0 Å². The van der Waals surface area contributed by atoms with Gasteiger partial charge in [0.15, 0.2) is 0 Å². The Hall–Kier alpha value is -1.63. The van der Waals surface area contributed by atoms with Crippen LogP contribution in [0.15, 0.2) is 49.2 Å². The van der Waals surface area contributed by atoms with Crippen molar-refractivity contribution in [2.24, 2.45) is 0 Å². The number of hydrogen-bond donors (Lipinski definition) is 0. The van der Waals surface area contributed by atoms with E-state index in [1.165, 1.54) is 29.3 Å². The Balaban J connectivity index is 2.14. The third kappa shape index (κ3) is 2.48. The molecule has 1 nitrogen and oxygen atoms in total. The van der Waals surface area contributed by atoms with E-state index in [4.69, 9.17) is 0 Å². The van der Waals surface area contributed by atoms with E-state index >= 15 is 0 Å². The fraction of sp³-hybridized carbons (Fsp3) is 0.267. The van der Waals surface area contributed by atoms with Crippen LogP contribution >= 0.6 is 0 Å². The van der Waals surface area contributed by atoms with Gasteiger partial charge in [-0.05, 0) is 37.1 Å². The Morgan fingerprint density at radius 1 is 1.12 bits per heavy atom. The number of nitrogens with zero attached hydrogens (tertiary/aromatic N) is 1. The number of hydrogen-bond acceptors (Lipinski definition) is 1. The molecule has 0 spiro atoms. The number of pyridine rings is 1. The summed E-state index contributed by atoms with van der Waals surface area (Å²) in [7, 11) is 0. The van der Waals surface area contributed by atoms with Crippen molar-refractivity contribution in [3.63, 3.8) is 0 Å². The van der Waals surface area contributed by atoms with Crippen molar-refractivity contribution < 1.29 is 0 Å². The third-order valence-electron chi connectivity index (χ3n) is 2.83. The van der Waals surface area contributed by atoms with Crippen LogP contribution in [0.1, 0.15) is 25.0 Å². The van der Waals surface area contributed by atoms with Crippen molar-refractivity contribution in [2.45, 2.75) is 25.7 Å². The largest absolute Gasteiger partial charge is 0.261 e. The number of aryl methyl sites for hydroxylation is 1. The van der Waals surface area contributed by atoms with Gasteiger partial charge in [0.05, 0.1) is 0 Å². The number of fused-ring (bicyclic) bond motifs is 1. The summed E-state index contributed by atoms with van der Waals surface area (Å²) in [4.78, 5) is 4.48. The van der Waals surface area contributed by atoms with Gasteiger partial charge in [0, 0.05) is 17.3 Å².